The molecule has 0 aliphatic carbocycles. The molecule has 3 nitrogen and oxygen atoms in total. The summed E-state index contributed by atoms with van der Waals surface area (Å²) in [7, 11) is 0.419. The van der Waals surface area contributed by atoms with Gasteiger partial charge in [-0.1, -0.05) is 17.6 Å². The first-order valence-electron chi connectivity index (χ1n) is 5.61. The van der Waals surface area contributed by atoms with E-state index in [9.17, 15) is 5.11 Å². The molecule has 90 valence electrons. The zero-order valence-electron chi connectivity index (χ0n) is 10.8. The first kappa shape index (κ1) is 13.8. The highest BCUT2D eigenvalue weighted by Crippen LogP contribution is 2.24. The molecule has 4 heteroatoms. The molecule has 0 radical (unpaired) electrons. The smallest absolute Gasteiger partial charge is 0.309 e. The number of benzene rings is 1. The summed E-state index contributed by atoms with van der Waals surface area (Å²) in [5.74, 6) is 0. The van der Waals surface area contributed by atoms with Gasteiger partial charge in [-0.2, -0.15) is 5.26 Å². The fraction of sp³-hybridized carbons (Fsp3) is 0.462. The van der Waals surface area contributed by atoms with Crippen LogP contribution in [0.2, 0.25) is 0 Å². The second-order valence-corrected chi connectivity index (χ2v) is 5.17. The van der Waals surface area contributed by atoms with Crippen molar-refractivity contribution in [3.63, 3.8) is 0 Å². The van der Waals surface area contributed by atoms with Gasteiger partial charge < -0.3 is 9.76 Å². The van der Waals surface area contributed by atoms with E-state index in [1.54, 1.807) is 26.0 Å². The van der Waals surface area contributed by atoms with Crippen molar-refractivity contribution in [1.82, 2.24) is 0 Å². The second-order valence-electron chi connectivity index (χ2n) is 5.17. The first-order chi connectivity index (χ1) is 7.76. The standard InChI is InChI=1S/C13H18BNO2/c1-12(2,16)13(3,4)17-14-11-7-5-10(9-15)6-8-11/h5-8,14,16H,1-4H3. The lowest BCUT2D eigenvalue weighted by atomic mass is 9.82. The SMILES string of the molecule is CC(C)(O)C(C)(C)OBc1ccc(C#N)cc1. The minimum Gasteiger partial charge on any atom is -0.427 e. The Bertz CT molecular complexity index is 413. The van der Waals surface area contributed by atoms with Crippen LogP contribution in [0, 0.1) is 11.3 Å². The van der Waals surface area contributed by atoms with Crippen molar-refractivity contribution in [3.05, 3.63) is 29.8 Å². The summed E-state index contributed by atoms with van der Waals surface area (Å²) in [6.07, 6.45) is 0. The zero-order chi connectivity index (χ0) is 13.1. The molecule has 1 rings (SSSR count). The molecule has 1 aromatic rings. The van der Waals surface area contributed by atoms with Crippen molar-refractivity contribution >= 4 is 12.9 Å². The average Bonchev–Trinajstić information content (AvgIpc) is 2.25. The van der Waals surface area contributed by atoms with Crippen LogP contribution in [0.25, 0.3) is 0 Å². The van der Waals surface area contributed by atoms with Crippen LogP contribution >= 0.6 is 0 Å². The monoisotopic (exact) mass is 231 g/mol. The van der Waals surface area contributed by atoms with Gasteiger partial charge in [0.2, 0.25) is 0 Å². The van der Waals surface area contributed by atoms with Crippen molar-refractivity contribution < 1.29 is 9.76 Å². The lowest BCUT2D eigenvalue weighted by molar-refractivity contribution is -0.0893. The van der Waals surface area contributed by atoms with Crippen LogP contribution in [-0.4, -0.2) is 23.8 Å². The third-order valence-electron chi connectivity index (χ3n) is 3.16. The van der Waals surface area contributed by atoms with Crippen LogP contribution in [0.4, 0.5) is 0 Å². The van der Waals surface area contributed by atoms with Gasteiger partial charge in [0.15, 0.2) is 0 Å². The number of nitrogens with zero attached hydrogens (tertiary/aromatic N) is 1. The van der Waals surface area contributed by atoms with Crippen LogP contribution in [0.15, 0.2) is 24.3 Å². The van der Waals surface area contributed by atoms with Crippen LogP contribution in [0.3, 0.4) is 0 Å². The lowest BCUT2D eigenvalue weighted by Crippen LogP contribution is -2.49. The molecule has 0 spiro atoms. The number of nitriles is 1. The van der Waals surface area contributed by atoms with Crippen molar-refractivity contribution in [2.75, 3.05) is 0 Å². The number of hydrogen-bond donors (Lipinski definition) is 1. The topological polar surface area (TPSA) is 53.2 Å². The van der Waals surface area contributed by atoms with Gasteiger partial charge in [0.25, 0.3) is 0 Å². The molecule has 0 unspecified atom stereocenters. The molecule has 0 bridgehead atoms. The first-order valence-corrected chi connectivity index (χ1v) is 5.61. The summed E-state index contributed by atoms with van der Waals surface area (Å²) in [5, 5.41) is 18.6. The van der Waals surface area contributed by atoms with E-state index >= 15 is 0 Å². The summed E-state index contributed by atoms with van der Waals surface area (Å²) in [5.41, 5.74) is 0.0948. The predicted octanol–water partition coefficient (Wildman–Crippen LogP) is 1.10. The number of hydrogen-bond acceptors (Lipinski definition) is 3. The van der Waals surface area contributed by atoms with Crippen molar-refractivity contribution in [2.45, 2.75) is 38.9 Å². The average molecular weight is 231 g/mol. The van der Waals surface area contributed by atoms with E-state index in [4.69, 9.17) is 9.92 Å². The predicted molar refractivity (Wildman–Crippen MR) is 69.4 cm³/mol. The van der Waals surface area contributed by atoms with E-state index < -0.39 is 11.2 Å². The molecular formula is C13H18BNO2. The molecule has 0 heterocycles. The van der Waals surface area contributed by atoms with Crippen molar-refractivity contribution in [2.24, 2.45) is 0 Å². The minimum atomic E-state index is -0.903. The zero-order valence-corrected chi connectivity index (χ0v) is 10.8. The summed E-state index contributed by atoms with van der Waals surface area (Å²) in [4.78, 5) is 0. The highest BCUT2D eigenvalue weighted by molar-refractivity contribution is 6.47. The summed E-state index contributed by atoms with van der Waals surface area (Å²) < 4.78 is 5.72. The Labute approximate surface area is 103 Å². The summed E-state index contributed by atoms with van der Waals surface area (Å²) in [6.45, 7) is 7.17. The van der Waals surface area contributed by atoms with Crippen LogP contribution < -0.4 is 5.46 Å². The highest BCUT2D eigenvalue weighted by atomic mass is 16.5. The maximum Gasteiger partial charge on any atom is 0.309 e. The fourth-order valence-corrected chi connectivity index (χ4v) is 1.12. The van der Waals surface area contributed by atoms with E-state index in [1.165, 1.54) is 0 Å². The Balaban J connectivity index is 2.65. The van der Waals surface area contributed by atoms with Gasteiger partial charge in [-0.05, 0) is 39.8 Å². The lowest BCUT2D eigenvalue weighted by Gasteiger charge is -2.37. The Kier molecular flexibility index (Phi) is 3.97. The van der Waals surface area contributed by atoms with Crippen molar-refractivity contribution in [3.8, 4) is 6.07 Å². The third-order valence-corrected chi connectivity index (χ3v) is 3.16. The highest BCUT2D eigenvalue weighted by Gasteiger charge is 2.35. The quantitative estimate of drug-likeness (QED) is 0.789. The Hall–Kier alpha value is -1.31. The third kappa shape index (κ3) is 3.59. The van der Waals surface area contributed by atoms with Gasteiger partial charge in [0.1, 0.15) is 0 Å². The molecule has 0 saturated heterocycles. The van der Waals surface area contributed by atoms with Gasteiger partial charge >= 0.3 is 7.48 Å². The van der Waals surface area contributed by atoms with Crippen LogP contribution in [0.5, 0.6) is 0 Å². The van der Waals surface area contributed by atoms with E-state index in [1.807, 2.05) is 26.0 Å². The van der Waals surface area contributed by atoms with Crippen LogP contribution in [0.1, 0.15) is 33.3 Å². The molecular weight excluding hydrogens is 213 g/mol. The van der Waals surface area contributed by atoms with Gasteiger partial charge in [-0.3, -0.25) is 0 Å². The van der Waals surface area contributed by atoms with Gasteiger partial charge in [-0.15, -0.1) is 0 Å². The Morgan fingerprint density at radius 1 is 1.18 bits per heavy atom. The molecule has 1 aromatic carbocycles. The maximum absolute atomic E-state index is 9.94. The molecule has 0 saturated carbocycles. The molecule has 0 aliphatic rings. The van der Waals surface area contributed by atoms with Crippen molar-refractivity contribution in [1.29, 1.82) is 5.26 Å². The molecule has 1 N–H and O–H groups in total. The summed E-state index contributed by atoms with van der Waals surface area (Å²) >= 11 is 0. The van der Waals surface area contributed by atoms with E-state index in [0.29, 0.717) is 13.0 Å². The molecule has 0 aromatic heterocycles. The summed E-state index contributed by atoms with van der Waals surface area (Å²) in [6, 6.07) is 9.31. The second kappa shape index (κ2) is 4.91. The number of aliphatic hydroxyl groups is 1. The largest absolute Gasteiger partial charge is 0.427 e. The maximum atomic E-state index is 9.94. The van der Waals surface area contributed by atoms with Gasteiger partial charge in [0.05, 0.1) is 22.8 Å². The van der Waals surface area contributed by atoms with E-state index in [2.05, 4.69) is 6.07 Å². The van der Waals surface area contributed by atoms with Gasteiger partial charge in [-0.25, -0.2) is 0 Å². The van der Waals surface area contributed by atoms with E-state index in [-0.39, 0.29) is 0 Å². The van der Waals surface area contributed by atoms with E-state index in [0.717, 1.165) is 5.46 Å². The molecule has 0 fully saturated rings. The minimum absolute atomic E-state index is 0.419. The molecule has 0 atom stereocenters. The number of rotatable bonds is 4. The molecule has 17 heavy (non-hydrogen) atoms. The van der Waals surface area contributed by atoms with Crippen LogP contribution in [-0.2, 0) is 4.65 Å². The van der Waals surface area contributed by atoms with Gasteiger partial charge in [0, 0.05) is 0 Å². The Morgan fingerprint density at radius 2 is 1.71 bits per heavy atom. The molecule has 0 amide bonds. The molecule has 0 aliphatic heterocycles. The Morgan fingerprint density at radius 3 is 2.12 bits per heavy atom. The normalized spacial score (nSPS) is 12.0. The fourth-order valence-electron chi connectivity index (χ4n) is 1.12.